The average Bonchev–Trinajstić information content (AvgIpc) is 3.51. The number of carbonyl (C=O) groups is 1. The van der Waals surface area contributed by atoms with Crippen LogP contribution in [0.5, 0.6) is 11.5 Å². The number of fused-ring (bicyclic) bond motifs is 1. The molecule has 0 radical (unpaired) electrons. The summed E-state index contributed by atoms with van der Waals surface area (Å²) < 4.78 is 19.9. The van der Waals surface area contributed by atoms with Crippen LogP contribution in [0.2, 0.25) is 0 Å². The average molecular weight is 535 g/mol. The van der Waals surface area contributed by atoms with Crippen molar-refractivity contribution in [3.63, 3.8) is 0 Å². The predicted molar refractivity (Wildman–Crippen MR) is 154 cm³/mol. The van der Waals surface area contributed by atoms with Gasteiger partial charge in [0.1, 0.15) is 35.3 Å². The first kappa shape index (κ1) is 25.2. The third-order valence-corrected chi connectivity index (χ3v) is 6.84. The second-order valence-corrected chi connectivity index (χ2v) is 9.64. The molecule has 0 aliphatic carbocycles. The molecule has 1 fully saturated rings. The smallest absolute Gasteiger partial charge is 0.255 e. The SMILES string of the molecule is Cc1cc(Nc2ncnc3cnc(N4CCCC4)cc23)ccc1Oc1ccc(C(=O)Nc2ccccc2F)cc1. The van der Waals surface area contributed by atoms with Crippen molar-refractivity contribution < 1.29 is 13.9 Å². The summed E-state index contributed by atoms with van der Waals surface area (Å²) in [6, 6.07) is 20.6. The summed E-state index contributed by atoms with van der Waals surface area (Å²) in [4.78, 5) is 28.3. The number of nitrogens with one attached hydrogen (secondary N) is 2. The Morgan fingerprint density at radius 2 is 1.75 bits per heavy atom. The minimum absolute atomic E-state index is 0.135. The molecule has 1 aliphatic rings. The van der Waals surface area contributed by atoms with Crippen molar-refractivity contribution in [3.05, 3.63) is 102 Å². The summed E-state index contributed by atoms with van der Waals surface area (Å²) in [5.41, 5.74) is 3.10. The molecular weight excluding hydrogens is 507 g/mol. The predicted octanol–water partition coefficient (Wildman–Crippen LogP) is 6.86. The van der Waals surface area contributed by atoms with Gasteiger partial charge in [-0.15, -0.1) is 0 Å². The number of aromatic nitrogens is 3. The summed E-state index contributed by atoms with van der Waals surface area (Å²) in [6.07, 6.45) is 5.69. The van der Waals surface area contributed by atoms with Crippen molar-refractivity contribution in [1.82, 2.24) is 15.0 Å². The molecule has 0 bridgehead atoms. The quantitative estimate of drug-likeness (QED) is 0.236. The van der Waals surface area contributed by atoms with E-state index in [1.54, 1.807) is 42.6 Å². The highest BCUT2D eigenvalue weighted by Crippen LogP contribution is 2.31. The maximum Gasteiger partial charge on any atom is 0.255 e. The summed E-state index contributed by atoms with van der Waals surface area (Å²) >= 11 is 0. The van der Waals surface area contributed by atoms with Gasteiger partial charge in [-0.1, -0.05) is 12.1 Å². The molecular formula is C31H27FN6O2. The van der Waals surface area contributed by atoms with Crippen molar-refractivity contribution in [2.45, 2.75) is 19.8 Å². The Bertz CT molecular complexity index is 1690. The summed E-state index contributed by atoms with van der Waals surface area (Å²) in [7, 11) is 0. The first-order chi connectivity index (χ1) is 19.5. The highest BCUT2D eigenvalue weighted by molar-refractivity contribution is 6.04. The fourth-order valence-electron chi connectivity index (χ4n) is 4.70. The number of carbonyl (C=O) groups excluding carboxylic acids is 1. The van der Waals surface area contributed by atoms with Crippen molar-refractivity contribution in [3.8, 4) is 11.5 Å². The van der Waals surface area contributed by atoms with Crippen LogP contribution in [0.15, 0.2) is 85.3 Å². The molecule has 3 heterocycles. The fraction of sp³-hybridized carbons (Fsp3) is 0.161. The van der Waals surface area contributed by atoms with Crippen LogP contribution in [0.1, 0.15) is 28.8 Å². The number of hydrogen-bond donors (Lipinski definition) is 2. The Morgan fingerprint density at radius 1 is 0.950 bits per heavy atom. The van der Waals surface area contributed by atoms with Crippen LogP contribution in [0.4, 0.5) is 27.4 Å². The van der Waals surface area contributed by atoms with Gasteiger partial charge in [0, 0.05) is 29.7 Å². The van der Waals surface area contributed by atoms with Crippen LogP contribution in [-0.2, 0) is 0 Å². The molecule has 0 unspecified atom stereocenters. The van der Waals surface area contributed by atoms with Gasteiger partial charge in [-0.2, -0.15) is 0 Å². The van der Waals surface area contributed by atoms with Gasteiger partial charge in [0.15, 0.2) is 0 Å². The number of benzene rings is 3. The van der Waals surface area contributed by atoms with Crippen LogP contribution >= 0.6 is 0 Å². The largest absolute Gasteiger partial charge is 0.457 e. The normalized spacial score (nSPS) is 12.9. The zero-order valence-corrected chi connectivity index (χ0v) is 21.9. The Kier molecular flexibility index (Phi) is 6.93. The molecule has 8 nitrogen and oxygen atoms in total. The standard InChI is InChI=1S/C31H27FN6O2/c1-20-16-22(36-30-24-17-29(38-14-4-5-15-38)33-18-27(24)34-19-35-30)10-13-28(20)40-23-11-8-21(9-12-23)31(39)37-26-7-3-2-6-25(26)32/h2-3,6-13,16-19H,4-5,14-15H2,1H3,(H,37,39)(H,34,35,36). The number of rotatable bonds is 7. The molecule has 200 valence electrons. The van der Waals surface area contributed by atoms with Crippen LogP contribution in [0.3, 0.4) is 0 Å². The van der Waals surface area contributed by atoms with Crippen LogP contribution in [-0.4, -0.2) is 33.9 Å². The van der Waals surface area contributed by atoms with Gasteiger partial charge in [0.2, 0.25) is 0 Å². The number of pyridine rings is 1. The molecule has 6 rings (SSSR count). The molecule has 40 heavy (non-hydrogen) atoms. The third-order valence-electron chi connectivity index (χ3n) is 6.84. The number of aryl methyl sites for hydroxylation is 1. The zero-order valence-electron chi connectivity index (χ0n) is 21.9. The van der Waals surface area contributed by atoms with Crippen molar-refractivity contribution in [2.24, 2.45) is 0 Å². The van der Waals surface area contributed by atoms with Crippen LogP contribution < -0.4 is 20.3 Å². The number of ether oxygens (including phenoxy) is 1. The first-order valence-electron chi connectivity index (χ1n) is 13.1. The summed E-state index contributed by atoms with van der Waals surface area (Å²) in [5.74, 6) is 2.03. The maximum atomic E-state index is 13.9. The van der Waals surface area contributed by atoms with E-state index in [0.29, 0.717) is 22.9 Å². The molecule has 1 amide bonds. The minimum Gasteiger partial charge on any atom is -0.457 e. The van der Waals surface area contributed by atoms with E-state index in [0.717, 1.165) is 41.1 Å². The second kappa shape index (κ2) is 11.0. The van der Waals surface area contributed by atoms with Crippen LogP contribution in [0, 0.1) is 12.7 Å². The van der Waals surface area contributed by atoms with E-state index in [-0.39, 0.29) is 5.69 Å². The zero-order chi connectivity index (χ0) is 27.5. The molecule has 2 aromatic heterocycles. The van der Waals surface area contributed by atoms with Crippen molar-refractivity contribution in [2.75, 3.05) is 28.6 Å². The van der Waals surface area contributed by atoms with Gasteiger partial charge in [-0.25, -0.2) is 19.3 Å². The van der Waals surface area contributed by atoms with E-state index in [2.05, 4.69) is 30.5 Å². The van der Waals surface area contributed by atoms with E-state index >= 15 is 0 Å². The lowest BCUT2D eigenvalue weighted by atomic mass is 10.1. The highest BCUT2D eigenvalue weighted by Gasteiger charge is 2.16. The van der Waals surface area contributed by atoms with Gasteiger partial charge in [0.25, 0.3) is 5.91 Å². The number of halogens is 1. The van der Waals surface area contributed by atoms with Gasteiger partial charge in [-0.3, -0.25) is 4.79 Å². The Morgan fingerprint density at radius 3 is 2.52 bits per heavy atom. The first-order valence-corrected chi connectivity index (χ1v) is 13.1. The lowest BCUT2D eigenvalue weighted by Gasteiger charge is -2.17. The molecule has 3 aromatic carbocycles. The highest BCUT2D eigenvalue weighted by atomic mass is 19.1. The van der Waals surface area contributed by atoms with Gasteiger partial charge < -0.3 is 20.3 Å². The topological polar surface area (TPSA) is 92.3 Å². The maximum absolute atomic E-state index is 13.9. The molecule has 0 saturated carbocycles. The lowest BCUT2D eigenvalue weighted by Crippen LogP contribution is -2.18. The fourth-order valence-corrected chi connectivity index (χ4v) is 4.70. The number of para-hydroxylation sites is 1. The van der Waals surface area contributed by atoms with Gasteiger partial charge >= 0.3 is 0 Å². The Balaban J connectivity index is 1.15. The molecule has 9 heteroatoms. The van der Waals surface area contributed by atoms with E-state index in [1.807, 2.05) is 31.2 Å². The van der Waals surface area contributed by atoms with Crippen LogP contribution in [0.25, 0.3) is 10.9 Å². The van der Waals surface area contributed by atoms with E-state index in [4.69, 9.17) is 4.74 Å². The number of nitrogens with zero attached hydrogens (tertiary/aromatic N) is 4. The number of amides is 1. The molecule has 1 saturated heterocycles. The Labute approximate surface area is 230 Å². The monoisotopic (exact) mass is 534 g/mol. The van der Waals surface area contributed by atoms with E-state index in [9.17, 15) is 9.18 Å². The third kappa shape index (κ3) is 5.40. The van der Waals surface area contributed by atoms with Gasteiger partial charge in [-0.05, 0) is 86.0 Å². The summed E-state index contributed by atoms with van der Waals surface area (Å²) in [5, 5.41) is 6.91. The molecule has 0 atom stereocenters. The van der Waals surface area contributed by atoms with E-state index in [1.165, 1.54) is 31.3 Å². The number of anilines is 4. The molecule has 5 aromatic rings. The molecule has 2 N–H and O–H groups in total. The Hall–Kier alpha value is -5.05. The van der Waals surface area contributed by atoms with Crippen molar-refractivity contribution >= 4 is 39.8 Å². The molecule has 0 spiro atoms. The summed E-state index contributed by atoms with van der Waals surface area (Å²) in [6.45, 7) is 3.99. The van der Waals surface area contributed by atoms with Crippen molar-refractivity contribution in [1.29, 1.82) is 0 Å². The van der Waals surface area contributed by atoms with Gasteiger partial charge in [0.05, 0.1) is 17.4 Å². The minimum atomic E-state index is -0.485. The lowest BCUT2D eigenvalue weighted by molar-refractivity contribution is 0.102. The second-order valence-electron chi connectivity index (χ2n) is 9.64. The number of hydrogen-bond acceptors (Lipinski definition) is 7. The van der Waals surface area contributed by atoms with E-state index < -0.39 is 11.7 Å². The molecule has 1 aliphatic heterocycles.